The largest absolute Gasteiger partial charge is 0.296 e. The molecule has 84 valence electrons. The van der Waals surface area contributed by atoms with E-state index in [-0.39, 0.29) is 5.60 Å². The Kier molecular flexibility index (Phi) is 4.90. The van der Waals surface area contributed by atoms with Crippen molar-refractivity contribution in [2.24, 2.45) is 0 Å². The molecular formula is C12H25NO. The van der Waals surface area contributed by atoms with Gasteiger partial charge in [0.25, 0.3) is 0 Å². The van der Waals surface area contributed by atoms with Crippen molar-refractivity contribution in [1.82, 2.24) is 5.48 Å². The highest BCUT2D eigenvalue weighted by atomic mass is 16.7. The molecule has 0 heterocycles. The molecule has 1 aliphatic carbocycles. The maximum absolute atomic E-state index is 5.62. The SMILES string of the molecule is CC(C)(C)ONC1CCCCCCC1. The van der Waals surface area contributed by atoms with Crippen LogP contribution in [0.15, 0.2) is 0 Å². The topological polar surface area (TPSA) is 21.3 Å². The molecule has 0 radical (unpaired) electrons. The fourth-order valence-corrected chi connectivity index (χ4v) is 1.83. The van der Waals surface area contributed by atoms with Crippen LogP contribution < -0.4 is 5.48 Å². The zero-order chi connectivity index (χ0) is 10.4. The summed E-state index contributed by atoms with van der Waals surface area (Å²) in [5, 5.41) is 0. The molecule has 1 fully saturated rings. The first kappa shape index (κ1) is 12.0. The predicted octanol–water partition coefficient (Wildman–Crippen LogP) is 3.42. The van der Waals surface area contributed by atoms with Gasteiger partial charge in [-0.2, -0.15) is 5.48 Å². The molecule has 2 nitrogen and oxygen atoms in total. The molecule has 1 rings (SSSR count). The third-order valence-corrected chi connectivity index (χ3v) is 2.64. The molecule has 0 spiro atoms. The molecule has 1 saturated carbocycles. The quantitative estimate of drug-likeness (QED) is 0.688. The monoisotopic (exact) mass is 199 g/mol. The van der Waals surface area contributed by atoms with Gasteiger partial charge in [0.1, 0.15) is 0 Å². The second kappa shape index (κ2) is 5.72. The average Bonchev–Trinajstić information content (AvgIpc) is 2.00. The highest BCUT2D eigenvalue weighted by Gasteiger charge is 2.15. The minimum atomic E-state index is -0.0671. The predicted molar refractivity (Wildman–Crippen MR) is 60.1 cm³/mol. The van der Waals surface area contributed by atoms with Gasteiger partial charge in [0.05, 0.1) is 5.60 Å². The van der Waals surface area contributed by atoms with Crippen molar-refractivity contribution in [1.29, 1.82) is 0 Å². The second-order valence-electron chi connectivity index (χ2n) is 5.37. The smallest absolute Gasteiger partial charge is 0.0813 e. The maximum atomic E-state index is 5.62. The summed E-state index contributed by atoms with van der Waals surface area (Å²) in [6.45, 7) is 6.26. The minimum absolute atomic E-state index is 0.0671. The van der Waals surface area contributed by atoms with Gasteiger partial charge in [0, 0.05) is 6.04 Å². The van der Waals surface area contributed by atoms with E-state index in [2.05, 4.69) is 26.3 Å². The van der Waals surface area contributed by atoms with Gasteiger partial charge in [-0.3, -0.25) is 4.84 Å². The number of hydrogen-bond donors (Lipinski definition) is 1. The van der Waals surface area contributed by atoms with Gasteiger partial charge in [0.2, 0.25) is 0 Å². The summed E-state index contributed by atoms with van der Waals surface area (Å²) in [5.74, 6) is 0. The van der Waals surface area contributed by atoms with Gasteiger partial charge in [-0.05, 0) is 33.6 Å². The molecule has 2 heteroatoms. The third kappa shape index (κ3) is 5.61. The zero-order valence-electron chi connectivity index (χ0n) is 9.94. The van der Waals surface area contributed by atoms with Gasteiger partial charge in [-0.15, -0.1) is 0 Å². The van der Waals surface area contributed by atoms with Crippen LogP contribution in [0.4, 0.5) is 0 Å². The molecule has 0 amide bonds. The standard InChI is InChI=1S/C12H25NO/c1-12(2,3)14-13-11-9-7-5-4-6-8-10-11/h11,13H,4-10H2,1-3H3. The van der Waals surface area contributed by atoms with E-state index in [9.17, 15) is 0 Å². The van der Waals surface area contributed by atoms with E-state index in [0.717, 1.165) is 0 Å². The van der Waals surface area contributed by atoms with E-state index in [0.29, 0.717) is 6.04 Å². The van der Waals surface area contributed by atoms with Crippen LogP contribution in [0.2, 0.25) is 0 Å². The van der Waals surface area contributed by atoms with Crippen molar-refractivity contribution in [3.05, 3.63) is 0 Å². The highest BCUT2D eigenvalue weighted by Crippen LogP contribution is 2.18. The Hall–Kier alpha value is -0.0800. The van der Waals surface area contributed by atoms with Crippen molar-refractivity contribution in [3.8, 4) is 0 Å². The lowest BCUT2D eigenvalue weighted by atomic mass is 9.97. The van der Waals surface area contributed by atoms with Crippen LogP contribution in [0.3, 0.4) is 0 Å². The normalized spacial score (nSPS) is 21.6. The van der Waals surface area contributed by atoms with E-state index in [1.54, 1.807) is 0 Å². The lowest BCUT2D eigenvalue weighted by Gasteiger charge is -2.26. The Balaban J connectivity index is 2.20. The Morgan fingerprint density at radius 1 is 0.929 bits per heavy atom. The molecule has 0 atom stereocenters. The number of rotatable bonds is 2. The van der Waals surface area contributed by atoms with Crippen LogP contribution in [0.1, 0.15) is 65.7 Å². The maximum Gasteiger partial charge on any atom is 0.0813 e. The lowest BCUT2D eigenvalue weighted by molar-refractivity contribution is -0.0912. The summed E-state index contributed by atoms with van der Waals surface area (Å²) in [5.41, 5.74) is 3.16. The minimum Gasteiger partial charge on any atom is -0.296 e. The second-order valence-corrected chi connectivity index (χ2v) is 5.37. The van der Waals surface area contributed by atoms with Crippen molar-refractivity contribution >= 4 is 0 Å². The number of hydroxylamine groups is 1. The Bertz CT molecular complexity index is 143. The van der Waals surface area contributed by atoms with Crippen molar-refractivity contribution in [2.75, 3.05) is 0 Å². The summed E-state index contributed by atoms with van der Waals surface area (Å²) in [7, 11) is 0. The van der Waals surface area contributed by atoms with Gasteiger partial charge >= 0.3 is 0 Å². The van der Waals surface area contributed by atoms with Crippen LogP contribution in [0.25, 0.3) is 0 Å². The van der Waals surface area contributed by atoms with Gasteiger partial charge in [-0.25, -0.2) is 0 Å². The fraction of sp³-hybridized carbons (Fsp3) is 1.00. The van der Waals surface area contributed by atoms with Gasteiger partial charge in [-0.1, -0.05) is 32.1 Å². The van der Waals surface area contributed by atoms with E-state index in [4.69, 9.17) is 4.84 Å². The summed E-state index contributed by atoms with van der Waals surface area (Å²) < 4.78 is 0. The molecule has 0 aromatic heterocycles. The summed E-state index contributed by atoms with van der Waals surface area (Å²) in [6, 6.07) is 0.578. The summed E-state index contributed by atoms with van der Waals surface area (Å²) in [4.78, 5) is 5.62. The van der Waals surface area contributed by atoms with Crippen molar-refractivity contribution in [2.45, 2.75) is 77.4 Å². The average molecular weight is 199 g/mol. The molecule has 0 aromatic rings. The molecule has 0 saturated heterocycles. The van der Waals surface area contributed by atoms with E-state index in [1.807, 2.05) is 0 Å². The first-order valence-corrected chi connectivity index (χ1v) is 6.01. The van der Waals surface area contributed by atoms with E-state index >= 15 is 0 Å². The first-order chi connectivity index (χ1) is 6.58. The highest BCUT2D eigenvalue weighted by molar-refractivity contribution is 4.67. The molecule has 0 aliphatic heterocycles. The molecule has 0 unspecified atom stereocenters. The molecule has 0 bridgehead atoms. The Labute approximate surface area is 88.4 Å². The Morgan fingerprint density at radius 3 is 1.93 bits per heavy atom. The third-order valence-electron chi connectivity index (χ3n) is 2.64. The number of hydrogen-bond acceptors (Lipinski definition) is 2. The van der Waals surface area contributed by atoms with Crippen LogP contribution >= 0.6 is 0 Å². The fourth-order valence-electron chi connectivity index (χ4n) is 1.83. The molecule has 14 heavy (non-hydrogen) atoms. The lowest BCUT2D eigenvalue weighted by Crippen LogP contribution is -2.37. The van der Waals surface area contributed by atoms with Crippen LogP contribution in [0, 0.1) is 0 Å². The number of nitrogens with one attached hydrogen (secondary N) is 1. The van der Waals surface area contributed by atoms with Crippen LogP contribution in [-0.4, -0.2) is 11.6 Å². The first-order valence-electron chi connectivity index (χ1n) is 6.01. The van der Waals surface area contributed by atoms with Crippen molar-refractivity contribution in [3.63, 3.8) is 0 Å². The molecule has 0 aromatic carbocycles. The van der Waals surface area contributed by atoms with Gasteiger partial charge < -0.3 is 0 Å². The molecule has 1 N–H and O–H groups in total. The molecular weight excluding hydrogens is 174 g/mol. The summed E-state index contributed by atoms with van der Waals surface area (Å²) >= 11 is 0. The molecule has 1 aliphatic rings. The van der Waals surface area contributed by atoms with Crippen LogP contribution in [0.5, 0.6) is 0 Å². The van der Waals surface area contributed by atoms with Crippen molar-refractivity contribution < 1.29 is 4.84 Å². The van der Waals surface area contributed by atoms with Gasteiger partial charge in [0.15, 0.2) is 0 Å². The van der Waals surface area contributed by atoms with Crippen LogP contribution in [-0.2, 0) is 4.84 Å². The van der Waals surface area contributed by atoms with E-state index in [1.165, 1.54) is 44.9 Å². The summed E-state index contributed by atoms with van der Waals surface area (Å²) in [6.07, 6.45) is 9.47. The van der Waals surface area contributed by atoms with E-state index < -0.39 is 0 Å². The zero-order valence-corrected chi connectivity index (χ0v) is 9.94. The Morgan fingerprint density at radius 2 is 1.43 bits per heavy atom.